The van der Waals surface area contributed by atoms with E-state index in [0.29, 0.717) is 24.9 Å². The predicted molar refractivity (Wildman–Crippen MR) is 102 cm³/mol. The van der Waals surface area contributed by atoms with Crippen molar-refractivity contribution in [3.05, 3.63) is 62.8 Å². The lowest BCUT2D eigenvalue weighted by molar-refractivity contribution is 0.359. The average molecular weight is 442 g/mol. The van der Waals surface area contributed by atoms with Gasteiger partial charge in [-0.25, -0.2) is 4.98 Å². The second-order valence-corrected chi connectivity index (χ2v) is 7.97. The smallest absolute Gasteiger partial charge is 0.254 e. The highest BCUT2D eigenvalue weighted by atomic mass is 127. The van der Waals surface area contributed by atoms with Crippen molar-refractivity contribution in [3.8, 4) is 0 Å². The van der Waals surface area contributed by atoms with Crippen molar-refractivity contribution < 1.29 is 4.52 Å². The van der Waals surface area contributed by atoms with Crippen LogP contribution in [0, 0.1) is 12.8 Å². The van der Waals surface area contributed by atoms with Crippen molar-refractivity contribution >= 4 is 28.5 Å². The second kappa shape index (κ2) is 7.41. The summed E-state index contributed by atoms with van der Waals surface area (Å²) in [5.41, 5.74) is 5.71. The molecule has 0 bridgehead atoms. The molecule has 0 radical (unpaired) electrons. The van der Waals surface area contributed by atoms with Crippen molar-refractivity contribution in [1.82, 2.24) is 9.97 Å². The molecular weight excluding hydrogens is 422 g/mol. The molecule has 122 valence electrons. The molecule has 3 unspecified atom stereocenters. The van der Waals surface area contributed by atoms with Crippen LogP contribution in [-0.4, -0.2) is 9.97 Å². The van der Waals surface area contributed by atoms with Gasteiger partial charge in [-0.2, -0.15) is 0 Å². The maximum atomic E-state index is 12.0. The molecule has 0 spiro atoms. The number of fused-ring (bicyclic) bond motifs is 1. The molecule has 4 nitrogen and oxygen atoms in total. The molecule has 3 atom stereocenters. The van der Waals surface area contributed by atoms with Crippen LogP contribution < -0.4 is 5.56 Å². The van der Waals surface area contributed by atoms with Crippen LogP contribution in [0.1, 0.15) is 40.8 Å². The van der Waals surface area contributed by atoms with Crippen LogP contribution >= 0.6 is 28.5 Å². The number of aryl methyl sites for hydroxylation is 1. The lowest BCUT2D eigenvalue weighted by Crippen LogP contribution is -2.29. The van der Waals surface area contributed by atoms with Crippen LogP contribution in [0.25, 0.3) is 0 Å². The Balaban J connectivity index is 1.94. The lowest BCUT2D eigenvalue weighted by Gasteiger charge is -2.31. The normalized spacial score (nSPS) is 20.8. The number of aromatic amines is 1. The Morgan fingerprint density at radius 1 is 1.43 bits per heavy atom. The van der Waals surface area contributed by atoms with E-state index in [1.165, 1.54) is 23.0 Å². The molecule has 6 heteroatoms. The number of benzene rings is 1. The Hall–Kier alpha value is -0.780. The largest absolute Gasteiger partial charge is 0.347 e. The molecule has 23 heavy (non-hydrogen) atoms. The van der Waals surface area contributed by atoms with Crippen LogP contribution in [-0.2, 0) is 24.0 Å². The van der Waals surface area contributed by atoms with Crippen LogP contribution in [0.4, 0.5) is 0 Å². The van der Waals surface area contributed by atoms with Crippen molar-refractivity contribution in [1.29, 1.82) is 0 Å². The third-order valence-electron chi connectivity index (χ3n) is 4.70. The number of rotatable bonds is 4. The van der Waals surface area contributed by atoms with Gasteiger partial charge in [0.2, 0.25) is 0 Å². The highest BCUT2D eigenvalue weighted by molar-refractivity contribution is 14.2. The molecule has 1 aliphatic rings. The van der Waals surface area contributed by atoms with Crippen molar-refractivity contribution in [2.75, 3.05) is 0 Å². The number of hydrogen-bond donors (Lipinski definition) is 1. The fourth-order valence-corrected chi connectivity index (χ4v) is 4.12. The highest BCUT2D eigenvalue weighted by Gasteiger charge is 2.30. The molecule has 0 aliphatic heterocycles. The third-order valence-corrected chi connectivity index (χ3v) is 5.89. The number of nitrogens with one attached hydrogen (secondary N) is 1. The van der Waals surface area contributed by atoms with Gasteiger partial charge in [0.15, 0.2) is 0 Å². The number of halogens is 1. The van der Waals surface area contributed by atoms with E-state index in [9.17, 15) is 4.79 Å². The maximum Gasteiger partial charge on any atom is 0.254 e. The molecule has 1 aromatic carbocycles. The fourth-order valence-electron chi connectivity index (χ4n) is 3.43. The second-order valence-electron chi connectivity index (χ2n) is 6.21. The molecule has 0 saturated heterocycles. The van der Waals surface area contributed by atoms with E-state index in [2.05, 4.69) is 64.1 Å². The molecule has 0 amide bonds. The van der Waals surface area contributed by atoms with E-state index in [0.717, 1.165) is 24.1 Å². The van der Waals surface area contributed by atoms with Gasteiger partial charge in [-0.05, 0) is 70.3 Å². The van der Waals surface area contributed by atoms with Crippen LogP contribution in [0.15, 0.2) is 29.3 Å². The van der Waals surface area contributed by atoms with Crippen molar-refractivity contribution in [3.63, 3.8) is 0 Å². The summed E-state index contributed by atoms with van der Waals surface area (Å²) in [6.45, 7) is 5.52. The Morgan fingerprint density at radius 2 is 2.26 bits per heavy atom. The average Bonchev–Trinajstić information content (AvgIpc) is 2.55. The van der Waals surface area contributed by atoms with Gasteiger partial charge in [0.25, 0.3) is 5.56 Å². The Labute approximate surface area is 150 Å². The third kappa shape index (κ3) is 3.67. The highest BCUT2D eigenvalue weighted by Crippen LogP contribution is 2.37. The zero-order valence-electron chi connectivity index (χ0n) is 13.2. The van der Waals surface area contributed by atoms with Gasteiger partial charge in [-0.1, -0.05) is 25.1 Å². The SMILES string of the molecule is Cc1ccc(COPI)cc1C1Cc2nc[nH]c(=O)c2CC1C. The monoisotopic (exact) mass is 442 g/mol. The first kappa shape index (κ1) is 17.1. The van der Waals surface area contributed by atoms with E-state index < -0.39 is 0 Å². The molecular formula is C17H20IN2O2P. The molecule has 0 saturated carbocycles. The Kier molecular flexibility index (Phi) is 5.49. The summed E-state index contributed by atoms with van der Waals surface area (Å²) in [6, 6.07) is 6.59. The fraction of sp³-hybridized carbons (Fsp3) is 0.412. The van der Waals surface area contributed by atoms with Gasteiger partial charge in [0.1, 0.15) is 0 Å². The molecule has 1 aromatic heterocycles. The number of hydrogen-bond acceptors (Lipinski definition) is 3. The number of H-pyrrole nitrogens is 1. The van der Waals surface area contributed by atoms with E-state index in [4.69, 9.17) is 4.52 Å². The van der Waals surface area contributed by atoms with E-state index in [1.54, 1.807) is 0 Å². The minimum Gasteiger partial charge on any atom is -0.347 e. The number of nitrogens with zero attached hydrogens (tertiary/aromatic N) is 1. The molecule has 0 fully saturated rings. The molecule has 1 aliphatic carbocycles. The van der Waals surface area contributed by atoms with Crippen LogP contribution in [0.5, 0.6) is 0 Å². The van der Waals surface area contributed by atoms with Crippen molar-refractivity contribution in [2.45, 2.75) is 39.2 Å². The van der Waals surface area contributed by atoms with Crippen LogP contribution in [0.3, 0.4) is 0 Å². The summed E-state index contributed by atoms with van der Waals surface area (Å²) in [4.78, 5) is 19.1. The maximum absolute atomic E-state index is 12.0. The quantitative estimate of drug-likeness (QED) is 0.574. The summed E-state index contributed by atoms with van der Waals surface area (Å²) in [5, 5.41) is 0. The van der Waals surface area contributed by atoms with E-state index >= 15 is 0 Å². The van der Waals surface area contributed by atoms with Gasteiger partial charge >= 0.3 is 0 Å². The standard InChI is InChI=1S/C17H20IN2O2P/c1-10-3-4-12(8-22-23-18)6-13(10)14-7-16-15(5-11(14)2)17(21)20-9-19-16/h3-4,6,9,11,14,23H,5,7-8H2,1-2H3,(H,19,20,21). The van der Waals surface area contributed by atoms with E-state index in [1.807, 2.05) is 0 Å². The summed E-state index contributed by atoms with van der Waals surface area (Å²) in [6.07, 6.45) is 3.14. The Morgan fingerprint density at radius 3 is 3.04 bits per heavy atom. The van der Waals surface area contributed by atoms with Gasteiger partial charge in [0.05, 0.1) is 25.1 Å². The van der Waals surface area contributed by atoms with Crippen LogP contribution in [0.2, 0.25) is 0 Å². The Bertz CT molecular complexity index is 762. The molecule has 1 N–H and O–H groups in total. The molecule has 1 heterocycles. The van der Waals surface area contributed by atoms with Gasteiger partial charge < -0.3 is 9.51 Å². The lowest BCUT2D eigenvalue weighted by atomic mass is 9.74. The first-order chi connectivity index (χ1) is 11.1. The van der Waals surface area contributed by atoms with Gasteiger partial charge in [-0.15, -0.1) is 0 Å². The predicted octanol–water partition coefficient (Wildman–Crippen LogP) is 4.06. The molecule has 2 aromatic rings. The van der Waals surface area contributed by atoms with Gasteiger partial charge in [0, 0.05) is 5.56 Å². The number of aromatic nitrogens is 2. The zero-order valence-corrected chi connectivity index (χ0v) is 16.4. The minimum absolute atomic E-state index is 0.0159. The summed E-state index contributed by atoms with van der Waals surface area (Å²) < 4.78 is 5.56. The van der Waals surface area contributed by atoms with E-state index in [-0.39, 0.29) is 5.56 Å². The first-order valence-electron chi connectivity index (χ1n) is 7.72. The van der Waals surface area contributed by atoms with Crippen molar-refractivity contribution in [2.24, 2.45) is 5.92 Å². The minimum atomic E-state index is 0.0159. The first-order valence-corrected chi connectivity index (χ1v) is 11.7. The summed E-state index contributed by atoms with van der Waals surface area (Å²) in [7, 11) is 0. The zero-order chi connectivity index (χ0) is 16.4. The molecule has 3 rings (SSSR count). The summed E-state index contributed by atoms with van der Waals surface area (Å²) >= 11 is 2.24. The van der Waals surface area contributed by atoms with Gasteiger partial charge in [-0.3, -0.25) is 4.79 Å². The topological polar surface area (TPSA) is 55.0 Å². The summed E-state index contributed by atoms with van der Waals surface area (Å²) in [5.74, 6) is 0.827.